The van der Waals surface area contributed by atoms with Crippen LogP contribution in [-0.2, 0) is 4.79 Å². The number of nitrogens with zero attached hydrogens (tertiary/aromatic N) is 1. The van der Waals surface area contributed by atoms with E-state index in [1.165, 1.54) is 0 Å². The first-order valence-corrected chi connectivity index (χ1v) is 5.05. The summed E-state index contributed by atoms with van der Waals surface area (Å²) in [5.41, 5.74) is 0. The van der Waals surface area contributed by atoms with Crippen LogP contribution >= 0.6 is 12.4 Å². The van der Waals surface area contributed by atoms with Crippen molar-refractivity contribution in [3.63, 3.8) is 0 Å². The lowest BCUT2D eigenvalue weighted by Crippen LogP contribution is -2.15. The molecule has 1 N–H and O–H groups in total. The summed E-state index contributed by atoms with van der Waals surface area (Å²) in [6, 6.07) is 3.57. The van der Waals surface area contributed by atoms with Gasteiger partial charge in [-0.15, -0.1) is 12.4 Å². The summed E-state index contributed by atoms with van der Waals surface area (Å²) < 4.78 is 5.65. The quantitative estimate of drug-likeness (QED) is 0.884. The minimum Gasteiger partial charge on any atom is -0.490 e. The van der Waals surface area contributed by atoms with Gasteiger partial charge in [0.25, 0.3) is 0 Å². The number of pyridine rings is 1. The molecule has 1 aromatic heterocycles. The van der Waals surface area contributed by atoms with Crippen molar-refractivity contribution in [3.05, 3.63) is 24.5 Å². The van der Waals surface area contributed by atoms with Gasteiger partial charge in [-0.1, -0.05) is 0 Å². The zero-order valence-electron chi connectivity index (χ0n) is 8.70. The molecule has 1 heterocycles. The van der Waals surface area contributed by atoms with E-state index in [4.69, 9.17) is 9.84 Å². The zero-order chi connectivity index (χ0) is 10.7. The van der Waals surface area contributed by atoms with Crippen molar-refractivity contribution in [2.75, 3.05) is 0 Å². The topological polar surface area (TPSA) is 59.4 Å². The van der Waals surface area contributed by atoms with Crippen LogP contribution in [0.1, 0.15) is 19.3 Å². The number of carboxylic acids is 1. The van der Waals surface area contributed by atoms with Gasteiger partial charge in [0.05, 0.1) is 12.0 Å². The monoisotopic (exact) mass is 243 g/mol. The number of hydrogen-bond acceptors (Lipinski definition) is 3. The predicted molar refractivity (Wildman–Crippen MR) is 60.9 cm³/mol. The molecule has 16 heavy (non-hydrogen) atoms. The Bertz CT molecular complexity index is 344. The highest BCUT2D eigenvalue weighted by molar-refractivity contribution is 5.85. The lowest BCUT2D eigenvalue weighted by atomic mass is 10.1. The second kappa shape index (κ2) is 5.70. The van der Waals surface area contributed by atoms with E-state index in [0.717, 1.165) is 12.2 Å². The molecule has 4 nitrogen and oxygen atoms in total. The molecule has 1 saturated carbocycles. The van der Waals surface area contributed by atoms with Gasteiger partial charge >= 0.3 is 5.97 Å². The minimum absolute atomic E-state index is 0. The van der Waals surface area contributed by atoms with E-state index in [9.17, 15) is 4.79 Å². The molecule has 0 saturated heterocycles. The molecule has 1 aromatic rings. The van der Waals surface area contributed by atoms with Gasteiger partial charge in [-0.3, -0.25) is 9.78 Å². The van der Waals surface area contributed by atoms with Gasteiger partial charge in [0.2, 0.25) is 0 Å². The first-order valence-electron chi connectivity index (χ1n) is 5.05. The van der Waals surface area contributed by atoms with Gasteiger partial charge in [-0.25, -0.2) is 0 Å². The average Bonchev–Trinajstić information content (AvgIpc) is 2.68. The highest BCUT2D eigenvalue weighted by Crippen LogP contribution is 2.28. The van der Waals surface area contributed by atoms with Crippen LogP contribution in [0.4, 0.5) is 0 Å². The summed E-state index contributed by atoms with van der Waals surface area (Å²) in [5.74, 6) is -0.186. The first kappa shape index (κ1) is 12.8. The molecule has 2 atom stereocenters. The largest absolute Gasteiger partial charge is 0.490 e. The lowest BCUT2D eigenvalue weighted by Gasteiger charge is -2.12. The van der Waals surface area contributed by atoms with Crippen LogP contribution in [0.15, 0.2) is 24.5 Å². The molecule has 0 spiro atoms. The summed E-state index contributed by atoms with van der Waals surface area (Å²) in [5, 5.41) is 8.83. The standard InChI is InChI=1S/C11H13NO3.ClH/c13-11(14)8-1-2-10(7-8)15-9-3-5-12-6-4-9;/h3-6,8,10H,1-2,7H2,(H,13,14);1H/t8-,10-;/m1./s1. The third-order valence-corrected chi connectivity index (χ3v) is 2.69. The zero-order valence-corrected chi connectivity index (χ0v) is 9.52. The summed E-state index contributed by atoms with van der Waals surface area (Å²) in [6.45, 7) is 0. The van der Waals surface area contributed by atoms with E-state index in [1.807, 2.05) is 0 Å². The van der Waals surface area contributed by atoms with Crippen LogP contribution < -0.4 is 4.74 Å². The Morgan fingerprint density at radius 3 is 2.62 bits per heavy atom. The van der Waals surface area contributed by atoms with Gasteiger partial charge in [0.1, 0.15) is 5.75 Å². The number of aromatic nitrogens is 1. The summed E-state index contributed by atoms with van der Waals surface area (Å²) in [6.07, 6.45) is 5.51. The van der Waals surface area contributed by atoms with Gasteiger partial charge < -0.3 is 9.84 Å². The fourth-order valence-electron chi connectivity index (χ4n) is 1.88. The van der Waals surface area contributed by atoms with E-state index in [2.05, 4.69) is 4.98 Å². The highest BCUT2D eigenvalue weighted by Gasteiger charge is 2.30. The van der Waals surface area contributed by atoms with E-state index in [-0.39, 0.29) is 24.4 Å². The molecule has 0 radical (unpaired) electrons. The van der Waals surface area contributed by atoms with E-state index < -0.39 is 5.97 Å². The van der Waals surface area contributed by atoms with Gasteiger partial charge in [-0.05, 0) is 31.4 Å². The SMILES string of the molecule is Cl.O=C(O)[C@@H]1CC[C@@H](Oc2ccncc2)C1. The second-order valence-corrected chi connectivity index (χ2v) is 3.77. The fourth-order valence-corrected chi connectivity index (χ4v) is 1.88. The van der Waals surface area contributed by atoms with Gasteiger partial charge in [-0.2, -0.15) is 0 Å². The molecular weight excluding hydrogens is 230 g/mol. The molecule has 0 aromatic carbocycles. The number of carboxylic acid groups (broad SMARTS) is 1. The van der Waals surface area contributed by atoms with Crippen molar-refractivity contribution in [3.8, 4) is 5.75 Å². The maximum Gasteiger partial charge on any atom is 0.306 e. The molecule has 1 aliphatic carbocycles. The van der Waals surface area contributed by atoms with Crippen LogP contribution in [0.5, 0.6) is 5.75 Å². The predicted octanol–water partition coefficient (Wildman–Crippen LogP) is 2.14. The van der Waals surface area contributed by atoms with Crippen LogP contribution in [0.25, 0.3) is 0 Å². The minimum atomic E-state index is -0.712. The lowest BCUT2D eigenvalue weighted by molar-refractivity contribution is -0.141. The smallest absolute Gasteiger partial charge is 0.306 e. The van der Waals surface area contributed by atoms with Crippen molar-refractivity contribution in [2.24, 2.45) is 5.92 Å². The molecule has 0 unspecified atom stereocenters. The number of rotatable bonds is 3. The van der Waals surface area contributed by atoms with Crippen molar-refractivity contribution in [2.45, 2.75) is 25.4 Å². The molecular formula is C11H14ClNO3. The second-order valence-electron chi connectivity index (χ2n) is 3.77. The number of hydrogen-bond donors (Lipinski definition) is 1. The van der Waals surface area contributed by atoms with E-state index in [1.54, 1.807) is 24.5 Å². The highest BCUT2D eigenvalue weighted by atomic mass is 35.5. The van der Waals surface area contributed by atoms with Crippen LogP contribution in [0.3, 0.4) is 0 Å². The molecule has 88 valence electrons. The fraction of sp³-hybridized carbons (Fsp3) is 0.455. The molecule has 0 aliphatic heterocycles. The van der Waals surface area contributed by atoms with Crippen LogP contribution in [0.2, 0.25) is 0 Å². The molecule has 1 aliphatic rings. The molecule has 1 fully saturated rings. The maximum atomic E-state index is 10.7. The summed E-state index contributed by atoms with van der Waals surface area (Å²) in [4.78, 5) is 14.6. The first-order chi connectivity index (χ1) is 7.25. The van der Waals surface area contributed by atoms with E-state index in [0.29, 0.717) is 12.8 Å². The van der Waals surface area contributed by atoms with Crippen molar-refractivity contribution in [1.29, 1.82) is 0 Å². The molecule has 2 rings (SSSR count). The van der Waals surface area contributed by atoms with Crippen molar-refractivity contribution < 1.29 is 14.6 Å². The van der Waals surface area contributed by atoms with Crippen molar-refractivity contribution in [1.82, 2.24) is 4.98 Å². The van der Waals surface area contributed by atoms with Crippen LogP contribution in [-0.4, -0.2) is 22.2 Å². The molecule has 0 amide bonds. The normalized spacial score (nSPS) is 23.5. The maximum absolute atomic E-state index is 10.7. The Labute approximate surface area is 100 Å². The number of ether oxygens (including phenoxy) is 1. The number of halogens is 1. The molecule has 0 bridgehead atoms. The average molecular weight is 244 g/mol. The number of carbonyl (C=O) groups is 1. The Kier molecular flexibility index (Phi) is 4.55. The summed E-state index contributed by atoms with van der Waals surface area (Å²) >= 11 is 0. The van der Waals surface area contributed by atoms with Gasteiger partial charge in [0.15, 0.2) is 0 Å². The Hall–Kier alpha value is -1.29. The van der Waals surface area contributed by atoms with Crippen molar-refractivity contribution >= 4 is 18.4 Å². The third kappa shape index (κ3) is 3.10. The number of aliphatic carboxylic acids is 1. The van der Waals surface area contributed by atoms with Crippen LogP contribution in [0, 0.1) is 5.92 Å². The third-order valence-electron chi connectivity index (χ3n) is 2.69. The van der Waals surface area contributed by atoms with E-state index >= 15 is 0 Å². The summed E-state index contributed by atoms with van der Waals surface area (Å²) in [7, 11) is 0. The van der Waals surface area contributed by atoms with Gasteiger partial charge in [0, 0.05) is 12.4 Å². The molecule has 5 heteroatoms. The Morgan fingerprint density at radius 2 is 2.06 bits per heavy atom. The Balaban J connectivity index is 0.00000128. The Morgan fingerprint density at radius 1 is 1.38 bits per heavy atom.